The van der Waals surface area contributed by atoms with Gasteiger partial charge in [-0.3, -0.25) is 0 Å². The van der Waals surface area contributed by atoms with Gasteiger partial charge in [-0.05, 0) is 44.4 Å². The quantitative estimate of drug-likeness (QED) is 0.851. The second-order valence-corrected chi connectivity index (χ2v) is 5.53. The van der Waals surface area contributed by atoms with Crippen LogP contribution in [-0.4, -0.2) is 9.97 Å². The van der Waals surface area contributed by atoms with Gasteiger partial charge in [0.25, 0.3) is 0 Å². The number of aromatic nitrogens is 2. The molecule has 0 bridgehead atoms. The Morgan fingerprint density at radius 2 is 2.12 bits per heavy atom. The fourth-order valence-corrected chi connectivity index (χ4v) is 3.34. The summed E-state index contributed by atoms with van der Waals surface area (Å²) in [6, 6.07) is 0. The van der Waals surface area contributed by atoms with Crippen LogP contribution in [0.2, 0.25) is 0 Å². The van der Waals surface area contributed by atoms with Crippen molar-refractivity contribution in [2.45, 2.75) is 57.8 Å². The highest BCUT2D eigenvalue weighted by Crippen LogP contribution is 2.39. The molecule has 0 saturated heterocycles. The van der Waals surface area contributed by atoms with Crippen molar-refractivity contribution in [2.24, 2.45) is 5.92 Å². The van der Waals surface area contributed by atoms with Crippen molar-refractivity contribution in [2.75, 3.05) is 5.73 Å². The molecule has 0 aliphatic heterocycles. The molecule has 3 heteroatoms. The van der Waals surface area contributed by atoms with Crippen molar-refractivity contribution < 1.29 is 0 Å². The maximum absolute atomic E-state index is 6.06. The van der Waals surface area contributed by atoms with Crippen molar-refractivity contribution in [3.8, 4) is 0 Å². The van der Waals surface area contributed by atoms with E-state index in [1.54, 1.807) is 0 Å². The molecule has 1 saturated carbocycles. The van der Waals surface area contributed by atoms with Gasteiger partial charge in [-0.15, -0.1) is 0 Å². The summed E-state index contributed by atoms with van der Waals surface area (Å²) in [5, 5.41) is 0. The predicted molar refractivity (Wildman–Crippen MR) is 68.8 cm³/mol. The van der Waals surface area contributed by atoms with Gasteiger partial charge in [0.15, 0.2) is 0 Å². The molecule has 1 aromatic heterocycles. The van der Waals surface area contributed by atoms with E-state index in [0.29, 0.717) is 5.92 Å². The van der Waals surface area contributed by atoms with Crippen LogP contribution in [0.4, 0.5) is 5.82 Å². The van der Waals surface area contributed by atoms with E-state index in [1.807, 2.05) is 0 Å². The zero-order valence-electron chi connectivity index (χ0n) is 10.6. The summed E-state index contributed by atoms with van der Waals surface area (Å²) in [7, 11) is 0. The van der Waals surface area contributed by atoms with Gasteiger partial charge in [-0.1, -0.05) is 13.3 Å². The van der Waals surface area contributed by atoms with Crippen molar-refractivity contribution in [3.63, 3.8) is 0 Å². The summed E-state index contributed by atoms with van der Waals surface area (Å²) in [6.07, 6.45) is 8.49. The van der Waals surface area contributed by atoms with Gasteiger partial charge in [0.05, 0.1) is 0 Å². The second-order valence-electron chi connectivity index (χ2n) is 5.53. The van der Waals surface area contributed by atoms with Gasteiger partial charge in [0, 0.05) is 17.2 Å². The Hall–Kier alpha value is -1.12. The van der Waals surface area contributed by atoms with E-state index in [2.05, 4.69) is 11.9 Å². The fraction of sp³-hybridized carbons (Fsp3) is 0.714. The standard InChI is InChI=1S/C14H21N3/c1-2-9-6-7-10(8-9)14-16-12-5-3-4-11(12)13(15)17-14/h9-10H,2-8H2,1H3,(H2,15,16,17). The summed E-state index contributed by atoms with van der Waals surface area (Å²) in [4.78, 5) is 9.34. The van der Waals surface area contributed by atoms with E-state index in [1.165, 1.54) is 43.4 Å². The predicted octanol–water partition coefficient (Wildman–Crippen LogP) is 2.84. The lowest BCUT2D eigenvalue weighted by atomic mass is 10.0. The molecule has 0 amide bonds. The van der Waals surface area contributed by atoms with E-state index >= 15 is 0 Å². The third kappa shape index (κ3) is 1.92. The Morgan fingerprint density at radius 1 is 1.24 bits per heavy atom. The molecular formula is C14H21N3. The summed E-state index contributed by atoms with van der Waals surface area (Å²) >= 11 is 0. The smallest absolute Gasteiger partial charge is 0.134 e. The molecule has 2 unspecified atom stereocenters. The molecular weight excluding hydrogens is 210 g/mol. The zero-order chi connectivity index (χ0) is 11.8. The molecule has 2 N–H and O–H groups in total. The molecule has 2 aliphatic carbocycles. The number of hydrogen-bond donors (Lipinski definition) is 1. The van der Waals surface area contributed by atoms with Crippen LogP contribution < -0.4 is 5.73 Å². The molecule has 92 valence electrons. The Labute approximate surface area is 103 Å². The van der Waals surface area contributed by atoms with Gasteiger partial charge < -0.3 is 5.73 Å². The Kier molecular flexibility index (Phi) is 2.77. The topological polar surface area (TPSA) is 51.8 Å². The molecule has 0 aromatic carbocycles. The minimum Gasteiger partial charge on any atom is -0.383 e. The first-order chi connectivity index (χ1) is 8.28. The van der Waals surface area contributed by atoms with Gasteiger partial charge in [0.1, 0.15) is 11.6 Å². The number of nitrogens with zero attached hydrogens (tertiary/aromatic N) is 2. The lowest BCUT2D eigenvalue weighted by Gasteiger charge is -2.12. The van der Waals surface area contributed by atoms with Crippen LogP contribution in [0.3, 0.4) is 0 Å². The van der Waals surface area contributed by atoms with E-state index in [4.69, 9.17) is 10.7 Å². The molecule has 3 rings (SSSR count). The van der Waals surface area contributed by atoms with Gasteiger partial charge in [0.2, 0.25) is 0 Å². The number of anilines is 1. The van der Waals surface area contributed by atoms with Crippen LogP contribution in [0.15, 0.2) is 0 Å². The van der Waals surface area contributed by atoms with Crippen molar-refractivity contribution in [1.82, 2.24) is 9.97 Å². The third-order valence-electron chi connectivity index (χ3n) is 4.47. The molecule has 2 atom stereocenters. The van der Waals surface area contributed by atoms with Crippen LogP contribution in [-0.2, 0) is 12.8 Å². The van der Waals surface area contributed by atoms with E-state index in [0.717, 1.165) is 30.4 Å². The maximum Gasteiger partial charge on any atom is 0.134 e. The Balaban J connectivity index is 1.87. The highest BCUT2D eigenvalue weighted by molar-refractivity contribution is 5.45. The van der Waals surface area contributed by atoms with Gasteiger partial charge in [-0.2, -0.15) is 0 Å². The SMILES string of the molecule is CCC1CCC(c2nc(N)c3c(n2)CCC3)C1. The molecule has 1 fully saturated rings. The average molecular weight is 231 g/mol. The molecule has 2 aliphatic rings. The fourth-order valence-electron chi connectivity index (χ4n) is 3.34. The second kappa shape index (κ2) is 4.28. The number of fused-ring (bicyclic) bond motifs is 1. The van der Waals surface area contributed by atoms with E-state index in [-0.39, 0.29) is 0 Å². The minimum atomic E-state index is 0.563. The summed E-state index contributed by atoms with van der Waals surface area (Å²) < 4.78 is 0. The first-order valence-electron chi connectivity index (χ1n) is 6.93. The Bertz CT molecular complexity index is 428. The third-order valence-corrected chi connectivity index (χ3v) is 4.47. The van der Waals surface area contributed by atoms with Crippen molar-refractivity contribution >= 4 is 5.82 Å². The summed E-state index contributed by atoms with van der Waals surface area (Å²) in [5.74, 6) is 3.22. The number of aryl methyl sites for hydroxylation is 1. The lowest BCUT2D eigenvalue weighted by Crippen LogP contribution is -2.08. The summed E-state index contributed by atoms with van der Waals surface area (Å²) in [6.45, 7) is 2.28. The molecule has 1 heterocycles. The molecule has 3 nitrogen and oxygen atoms in total. The van der Waals surface area contributed by atoms with Crippen molar-refractivity contribution in [3.05, 3.63) is 17.1 Å². The number of nitrogens with two attached hydrogens (primary N) is 1. The number of nitrogen functional groups attached to an aromatic ring is 1. The average Bonchev–Trinajstić information content (AvgIpc) is 2.97. The zero-order valence-corrected chi connectivity index (χ0v) is 10.6. The van der Waals surface area contributed by atoms with Gasteiger partial charge >= 0.3 is 0 Å². The minimum absolute atomic E-state index is 0.563. The van der Waals surface area contributed by atoms with Gasteiger partial charge in [-0.25, -0.2) is 9.97 Å². The monoisotopic (exact) mass is 231 g/mol. The normalized spacial score (nSPS) is 27.4. The van der Waals surface area contributed by atoms with Crippen LogP contribution in [0.5, 0.6) is 0 Å². The highest BCUT2D eigenvalue weighted by atomic mass is 15.0. The molecule has 0 spiro atoms. The highest BCUT2D eigenvalue weighted by Gasteiger charge is 2.28. The first kappa shape index (κ1) is 11.0. The maximum atomic E-state index is 6.06. The van der Waals surface area contributed by atoms with Crippen LogP contribution in [0.1, 0.15) is 62.0 Å². The molecule has 0 radical (unpaired) electrons. The first-order valence-corrected chi connectivity index (χ1v) is 6.93. The largest absolute Gasteiger partial charge is 0.383 e. The van der Waals surface area contributed by atoms with E-state index in [9.17, 15) is 0 Å². The van der Waals surface area contributed by atoms with Crippen molar-refractivity contribution in [1.29, 1.82) is 0 Å². The summed E-state index contributed by atoms with van der Waals surface area (Å²) in [5.41, 5.74) is 8.51. The van der Waals surface area contributed by atoms with E-state index < -0.39 is 0 Å². The number of hydrogen-bond acceptors (Lipinski definition) is 3. The number of rotatable bonds is 2. The molecule has 1 aromatic rings. The van der Waals surface area contributed by atoms with Crippen LogP contribution >= 0.6 is 0 Å². The van der Waals surface area contributed by atoms with Crippen LogP contribution in [0.25, 0.3) is 0 Å². The van der Waals surface area contributed by atoms with Crippen LogP contribution in [0, 0.1) is 5.92 Å². The lowest BCUT2D eigenvalue weighted by molar-refractivity contribution is 0.516. The molecule has 17 heavy (non-hydrogen) atoms. The Morgan fingerprint density at radius 3 is 2.88 bits per heavy atom.